The molecule has 0 atom stereocenters. The lowest BCUT2D eigenvalue weighted by atomic mass is 10.0. The van der Waals surface area contributed by atoms with Crippen LogP contribution in [0.1, 0.15) is 16.7 Å². The van der Waals surface area contributed by atoms with E-state index in [0.717, 1.165) is 21.3 Å². The van der Waals surface area contributed by atoms with E-state index in [0.29, 0.717) is 12.8 Å². The van der Waals surface area contributed by atoms with Crippen LogP contribution in [0, 0.1) is 6.92 Å². The highest BCUT2D eigenvalue weighted by Crippen LogP contribution is 2.25. The number of carbonyl (C=O) groups excluding carboxylic acids is 1. The van der Waals surface area contributed by atoms with E-state index in [4.69, 9.17) is 4.74 Å². The van der Waals surface area contributed by atoms with Crippen LogP contribution in [0.5, 0.6) is 5.75 Å². The van der Waals surface area contributed by atoms with Crippen LogP contribution in [0.15, 0.2) is 46.9 Å². The molecule has 0 aliphatic heterocycles. The zero-order chi connectivity index (χ0) is 14.5. The van der Waals surface area contributed by atoms with Crippen molar-refractivity contribution in [2.45, 2.75) is 19.8 Å². The van der Waals surface area contributed by atoms with Crippen molar-refractivity contribution in [3.8, 4) is 5.75 Å². The molecule has 0 amide bonds. The number of Topliss-reactive ketones (excluding diaryl/α,β-unsaturated/α-hetero) is 1. The summed E-state index contributed by atoms with van der Waals surface area (Å²) in [6, 6.07) is 13.8. The topological polar surface area (TPSA) is 26.3 Å². The van der Waals surface area contributed by atoms with Crippen LogP contribution in [0.3, 0.4) is 0 Å². The van der Waals surface area contributed by atoms with Crippen LogP contribution < -0.4 is 4.74 Å². The summed E-state index contributed by atoms with van der Waals surface area (Å²) in [7, 11) is 1.63. The molecule has 0 N–H and O–H groups in total. The molecule has 0 aliphatic carbocycles. The van der Waals surface area contributed by atoms with Crippen molar-refractivity contribution < 1.29 is 9.53 Å². The number of halogens is 1. The molecule has 0 aromatic heterocycles. The maximum Gasteiger partial charge on any atom is 0.141 e. The summed E-state index contributed by atoms with van der Waals surface area (Å²) in [5.74, 6) is 0.993. The summed E-state index contributed by atoms with van der Waals surface area (Å²) >= 11 is 3.44. The summed E-state index contributed by atoms with van der Waals surface area (Å²) in [6.45, 7) is 2.04. The molecule has 20 heavy (non-hydrogen) atoms. The van der Waals surface area contributed by atoms with Gasteiger partial charge in [0.2, 0.25) is 0 Å². The van der Waals surface area contributed by atoms with E-state index in [1.807, 2.05) is 43.3 Å². The highest BCUT2D eigenvalue weighted by Gasteiger charge is 2.08. The zero-order valence-corrected chi connectivity index (χ0v) is 13.2. The molecule has 0 bridgehead atoms. The van der Waals surface area contributed by atoms with Gasteiger partial charge in [0.15, 0.2) is 0 Å². The van der Waals surface area contributed by atoms with E-state index in [2.05, 4.69) is 22.0 Å². The molecule has 0 radical (unpaired) electrons. The van der Waals surface area contributed by atoms with Gasteiger partial charge >= 0.3 is 0 Å². The number of carbonyl (C=O) groups is 1. The first kappa shape index (κ1) is 14.8. The second-order valence-electron chi connectivity index (χ2n) is 4.85. The fraction of sp³-hybridized carbons (Fsp3) is 0.235. The van der Waals surface area contributed by atoms with Crippen LogP contribution in [-0.4, -0.2) is 12.9 Å². The number of benzene rings is 2. The molecule has 0 unspecified atom stereocenters. The number of methoxy groups -OCH3 is 1. The summed E-state index contributed by atoms with van der Waals surface area (Å²) in [5.41, 5.74) is 3.25. The summed E-state index contributed by atoms with van der Waals surface area (Å²) in [4.78, 5) is 12.1. The van der Waals surface area contributed by atoms with E-state index in [9.17, 15) is 4.79 Å². The van der Waals surface area contributed by atoms with Gasteiger partial charge in [-0.15, -0.1) is 0 Å². The lowest BCUT2D eigenvalue weighted by Gasteiger charge is -2.06. The standard InChI is InChI=1S/C17H17BrO2/c1-12-4-3-5-13(8-12)9-15(19)10-14-6-7-17(20-2)16(18)11-14/h3-8,11H,9-10H2,1-2H3. The maximum atomic E-state index is 12.1. The summed E-state index contributed by atoms with van der Waals surface area (Å²) < 4.78 is 6.06. The Balaban J connectivity index is 2.03. The minimum absolute atomic E-state index is 0.215. The summed E-state index contributed by atoms with van der Waals surface area (Å²) in [5, 5.41) is 0. The Morgan fingerprint density at radius 2 is 1.80 bits per heavy atom. The first-order valence-electron chi connectivity index (χ1n) is 6.48. The van der Waals surface area contributed by atoms with Gasteiger partial charge in [-0.25, -0.2) is 0 Å². The molecule has 0 aliphatic rings. The van der Waals surface area contributed by atoms with Gasteiger partial charge in [0.1, 0.15) is 11.5 Å². The van der Waals surface area contributed by atoms with Crippen LogP contribution in [0.2, 0.25) is 0 Å². The third-order valence-corrected chi connectivity index (χ3v) is 3.72. The van der Waals surface area contributed by atoms with Crippen LogP contribution in [-0.2, 0) is 17.6 Å². The van der Waals surface area contributed by atoms with Gasteiger partial charge in [-0.1, -0.05) is 35.9 Å². The summed E-state index contributed by atoms with van der Waals surface area (Å²) in [6.07, 6.45) is 0.919. The molecule has 0 spiro atoms. The predicted molar refractivity (Wildman–Crippen MR) is 84.3 cm³/mol. The number of aryl methyl sites for hydroxylation is 1. The van der Waals surface area contributed by atoms with Gasteiger partial charge in [-0.05, 0) is 46.1 Å². The van der Waals surface area contributed by atoms with Gasteiger partial charge in [0.05, 0.1) is 11.6 Å². The third kappa shape index (κ3) is 3.94. The van der Waals surface area contributed by atoms with E-state index in [-0.39, 0.29) is 5.78 Å². The SMILES string of the molecule is COc1ccc(CC(=O)Cc2cccc(C)c2)cc1Br. The largest absolute Gasteiger partial charge is 0.496 e. The number of ketones is 1. The minimum Gasteiger partial charge on any atom is -0.496 e. The van der Waals surface area contributed by atoms with Crippen molar-refractivity contribution >= 4 is 21.7 Å². The molecule has 3 heteroatoms. The van der Waals surface area contributed by atoms with Gasteiger partial charge in [-0.2, -0.15) is 0 Å². The first-order chi connectivity index (χ1) is 9.58. The van der Waals surface area contributed by atoms with Crippen molar-refractivity contribution in [1.29, 1.82) is 0 Å². The van der Waals surface area contributed by atoms with E-state index in [1.165, 1.54) is 5.56 Å². The molecule has 0 heterocycles. The monoisotopic (exact) mass is 332 g/mol. The number of ether oxygens (including phenoxy) is 1. The lowest BCUT2D eigenvalue weighted by Crippen LogP contribution is -2.06. The zero-order valence-electron chi connectivity index (χ0n) is 11.7. The Bertz CT molecular complexity index is 620. The van der Waals surface area contributed by atoms with Gasteiger partial charge in [0.25, 0.3) is 0 Å². The van der Waals surface area contributed by atoms with Crippen molar-refractivity contribution in [3.05, 3.63) is 63.6 Å². The fourth-order valence-corrected chi connectivity index (χ4v) is 2.75. The molecule has 0 saturated carbocycles. The number of hydrogen-bond acceptors (Lipinski definition) is 2. The Hall–Kier alpha value is -1.61. The molecule has 2 aromatic rings. The van der Waals surface area contributed by atoms with Crippen molar-refractivity contribution in [1.82, 2.24) is 0 Å². The number of rotatable bonds is 5. The molecule has 0 saturated heterocycles. The Morgan fingerprint density at radius 1 is 1.10 bits per heavy atom. The fourth-order valence-electron chi connectivity index (χ4n) is 2.16. The lowest BCUT2D eigenvalue weighted by molar-refractivity contribution is -0.117. The first-order valence-corrected chi connectivity index (χ1v) is 7.27. The molecule has 2 aromatic carbocycles. The highest BCUT2D eigenvalue weighted by molar-refractivity contribution is 9.10. The van der Waals surface area contributed by atoms with E-state index >= 15 is 0 Å². The van der Waals surface area contributed by atoms with Gasteiger partial charge in [0, 0.05) is 12.8 Å². The van der Waals surface area contributed by atoms with Crippen molar-refractivity contribution in [2.24, 2.45) is 0 Å². The molecule has 2 nitrogen and oxygen atoms in total. The molecular formula is C17H17BrO2. The smallest absolute Gasteiger partial charge is 0.141 e. The van der Waals surface area contributed by atoms with E-state index in [1.54, 1.807) is 7.11 Å². The normalized spacial score (nSPS) is 10.3. The molecular weight excluding hydrogens is 316 g/mol. The molecule has 0 fully saturated rings. The van der Waals surface area contributed by atoms with Gasteiger partial charge in [-0.3, -0.25) is 4.79 Å². The van der Waals surface area contributed by atoms with Gasteiger partial charge < -0.3 is 4.74 Å². The van der Waals surface area contributed by atoms with Crippen molar-refractivity contribution in [3.63, 3.8) is 0 Å². The average Bonchev–Trinajstić information content (AvgIpc) is 2.38. The minimum atomic E-state index is 0.215. The Labute approximate surface area is 127 Å². The number of hydrogen-bond donors (Lipinski definition) is 0. The van der Waals surface area contributed by atoms with Crippen LogP contribution in [0.25, 0.3) is 0 Å². The molecule has 2 rings (SSSR count). The average molecular weight is 333 g/mol. The molecule has 104 valence electrons. The highest BCUT2D eigenvalue weighted by atomic mass is 79.9. The van der Waals surface area contributed by atoms with Crippen molar-refractivity contribution in [2.75, 3.05) is 7.11 Å². The second kappa shape index (κ2) is 6.71. The maximum absolute atomic E-state index is 12.1. The van der Waals surface area contributed by atoms with E-state index < -0.39 is 0 Å². The Kier molecular flexibility index (Phi) is 4.96. The van der Waals surface area contributed by atoms with Crippen LogP contribution in [0.4, 0.5) is 0 Å². The van der Waals surface area contributed by atoms with Crippen LogP contribution >= 0.6 is 15.9 Å². The second-order valence-corrected chi connectivity index (χ2v) is 5.70. The quantitative estimate of drug-likeness (QED) is 0.823. The third-order valence-electron chi connectivity index (χ3n) is 3.10. The predicted octanol–water partition coefficient (Wildman–Crippen LogP) is 4.12. The Morgan fingerprint density at radius 3 is 2.40 bits per heavy atom.